The van der Waals surface area contributed by atoms with Crippen LogP contribution in [0.4, 0.5) is 0 Å². The van der Waals surface area contributed by atoms with Gasteiger partial charge in [-0.2, -0.15) is 5.10 Å². The van der Waals surface area contributed by atoms with Crippen LogP contribution < -0.4 is 5.73 Å². The molecular formula is C10H16BrN3O. The van der Waals surface area contributed by atoms with Crippen LogP contribution in [0.25, 0.3) is 0 Å². The molecule has 0 bridgehead atoms. The maximum Gasteiger partial charge on any atom is 0.201 e. The van der Waals surface area contributed by atoms with Gasteiger partial charge in [-0.25, -0.2) is 0 Å². The van der Waals surface area contributed by atoms with Gasteiger partial charge in [0.25, 0.3) is 0 Å². The zero-order valence-electron chi connectivity index (χ0n) is 9.25. The molecule has 1 atom stereocenters. The summed E-state index contributed by atoms with van der Waals surface area (Å²) in [6.45, 7) is 3.77. The molecule has 1 unspecified atom stereocenters. The lowest BCUT2D eigenvalue weighted by molar-refractivity contribution is 0.0882. The van der Waals surface area contributed by atoms with Gasteiger partial charge in [0, 0.05) is 7.05 Å². The molecule has 1 rings (SSSR count). The molecule has 0 saturated carbocycles. The third-order valence-electron chi connectivity index (χ3n) is 2.40. The lowest BCUT2D eigenvalue weighted by atomic mass is 9.90. The Labute approximate surface area is 98.0 Å². The van der Waals surface area contributed by atoms with Crippen molar-refractivity contribution in [2.75, 3.05) is 0 Å². The van der Waals surface area contributed by atoms with Crippen LogP contribution >= 0.6 is 15.9 Å². The second-order valence-corrected chi connectivity index (χ2v) is 4.82. The third kappa shape index (κ3) is 2.46. The summed E-state index contributed by atoms with van der Waals surface area (Å²) in [5, 5.41) is 4.00. The molecule has 0 radical (unpaired) electrons. The first-order valence-electron chi connectivity index (χ1n) is 4.91. The van der Waals surface area contributed by atoms with Crippen molar-refractivity contribution in [3.05, 3.63) is 16.4 Å². The Kier molecular flexibility index (Phi) is 3.67. The number of carbonyl (C=O) groups is 1. The van der Waals surface area contributed by atoms with Crippen LogP contribution in [0.3, 0.4) is 0 Å². The van der Waals surface area contributed by atoms with E-state index in [1.807, 2.05) is 6.92 Å². The summed E-state index contributed by atoms with van der Waals surface area (Å²) in [4.78, 5) is 12.1. The Hall–Kier alpha value is -0.680. The lowest BCUT2D eigenvalue weighted by Gasteiger charge is -2.22. The molecule has 0 spiro atoms. The number of carbonyl (C=O) groups excluding carboxylic acids is 1. The number of aromatic nitrogens is 2. The summed E-state index contributed by atoms with van der Waals surface area (Å²) in [5.41, 5.74) is 5.71. The van der Waals surface area contributed by atoms with E-state index >= 15 is 0 Å². The average Bonchev–Trinajstić information content (AvgIpc) is 2.45. The first kappa shape index (κ1) is 12.4. The van der Waals surface area contributed by atoms with Gasteiger partial charge in [-0.1, -0.05) is 13.3 Å². The average molecular weight is 274 g/mol. The molecule has 0 fully saturated rings. The third-order valence-corrected chi connectivity index (χ3v) is 2.98. The van der Waals surface area contributed by atoms with Crippen molar-refractivity contribution in [1.29, 1.82) is 0 Å². The van der Waals surface area contributed by atoms with Gasteiger partial charge in [-0.05, 0) is 29.3 Å². The number of halogens is 1. The zero-order valence-corrected chi connectivity index (χ0v) is 10.8. The molecule has 0 aliphatic carbocycles. The van der Waals surface area contributed by atoms with Crippen LogP contribution in [-0.2, 0) is 7.05 Å². The lowest BCUT2D eigenvalue weighted by Crippen LogP contribution is -2.45. The second kappa shape index (κ2) is 4.45. The van der Waals surface area contributed by atoms with Crippen LogP contribution in [-0.4, -0.2) is 21.1 Å². The molecule has 1 aromatic heterocycles. The van der Waals surface area contributed by atoms with Crippen molar-refractivity contribution in [2.24, 2.45) is 12.8 Å². The van der Waals surface area contributed by atoms with Crippen molar-refractivity contribution in [3.63, 3.8) is 0 Å². The predicted molar refractivity (Wildman–Crippen MR) is 62.7 cm³/mol. The van der Waals surface area contributed by atoms with Crippen LogP contribution in [0.5, 0.6) is 0 Å². The van der Waals surface area contributed by atoms with Crippen LogP contribution in [0.2, 0.25) is 0 Å². The van der Waals surface area contributed by atoms with Gasteiger partial charge in [0.1, 0.15) is 5.69 Å². The largest absolute Gasteiger partial charge is 0.319 e. The molecule has 0 aromatic carbocycles. The molecule has 0 aliphatic heterocycles. The molecule has 0 amide bonds. The number of nitrogens with zero attached hydrogens (tertiary/aromatic N) is 2. The molecule has 1 aromatic rings. The highest BCUT2D eigenvalue weighted by Crippen LogP contribution is 2.22. The van der Waals surface area contributed by atoms with Gasteiger partial charge in [-0.3, -0.25) is 9.48 Å². The van der Waals surface area contributed by atoms with E-state index in [2.05, 4.69) is 21.0 Å². The Morgan fingerprint density at radius 3 is 2.73 bits per heavy atom. The Bertz CT molecular complexity index is 351. The smallest absolute Gasteiger partial charge is 0.201 e. The van der Waals surface area contributed by atoms with Crippen molar-refractivity contribution in [2.45, 2.75) is 32.2 Å². The normalized spacial score (nSPS) is 15.0. The molecule has 0 saturated heterocycles. The molecule has 84 valence electrons. The summed E-state index contributed by atoms with van der Waals surface area (Å²) in [6.07, 6.45) is 3.16. The molecule has 15 heavy (non-hydrogen) atoms. The van der Waals surface area contributed by atoms with E-state index in [1.165, 1.54) is 0 Å². The minimum Gasteiger partial charge on any atom is -0.319 e. The van der Waals surface area contributed by atoms with E-state index in [4.69, 9.17) is 5.73 Å². The van der Waals surface area contributed by atoms with E-state index < -0.39 is 5.54 Å². The SMILES string of the molecule is CCCC(C)(N)C(=O)c1c(Br)cnn1C. The molecule has 4 nitrogen and oxygen atoms in total. The van der Waals surface area contributed by atoms with E-state index in [0.717, 1.165) is 6.42 Å². The first-order valence-corrected chi connectivity index (χ1v) is 5.70. The zero-order chi connectivity index (χ0) is 11.6. The summed E-state index contributed by atoms with van der Waals surface area (Å²) < 4.78 is 2.25. The van der Waals surface area contributed by atoms with Crippen LogP contribution in [0.15, 0.2) is 10.7 Å². The molecule has 2 N–H and O–H groups in total. The molecule has 1 heterocycles. The Morgan fingerprint density at radius 2 is 2.33 bits per heavy atom. The maximum atomic E-state index is 12.1. The summed E-state index contributed by atoms with van der Waals surface area (Å²) in [7, 11) is 1.74. The topological polar surface area (TPSA) is 60.9 Å². The van der Waals surface area contributed by atoms with Gasteiger partial charge < -0.3 is 5.73 Å². The van der Waals surface area contributed by atoms with E-state index in [9.17, 15) is 4.79 Å². The first-order chi connectivity index (χ1) is 6.90. The highest BCUT2D eigenvalue weighted by atomic mass is 79.9. The summed E-state index contributed by atoms with van der Waals surface area (Å²) in [6, 6.07) is 0. The van der Waals surface area contributed by atoms with E-state index in [-0.39, 0.29) is 5.78 Å². The van der Waals surface area contributed by atoms with Gasteiger partial charge in [0.05, 0.1) is 16.2 Å². The number of hydrogen-bond acceptors (Lipinski definition) is 3. The highest BCUT2D eigenvalue weighted by molar-refractivity contribution is 9.10. The van der Waals surface area contributed by atoms with Crippen molar-refractivity contribution in [1.82, 2.24) is 9.78 Å². The fourth-order valence-electron chi connectivity index (χ4n) is 1.57. The molecule has 0 aliphatic rings. The van der Waals surface area contributed by atoms with Gasteiger partial charge >= 0.3 is 0 Å². The number of ketones is 1. The van der Waals surface area contributed by atoms with Gasteiger partial charge in [0.2, 0.25) is 5.78 Å². The quantitative estimate of drug-likeness (QED) is 0.853. The predicted octanol–water partition coefficient (Wildman–Crippen LogP) is 1.88. The van der Waals surface area contributed by atoms with Crippen molar-refractivity contribution >= 4 is 21.7 Å². The van der Waals surface area contributed by atoms with Crippen molar-refractivity contribution in [3.8, 4) is 0 Å². The number of aryl methyl sites for hydroxylation is 1. The fraction of sp³-hybridized carbons (Fsp3) is 0.600. The van der Waals surface area contributed by atoms with Gasteiger partial charge in [0.15, 0.2) is 0 Å². The van der Waals surface area contributed by atoms with Gasteiger partial charge in [-0.15, -0.1) is 0 Å². The number of Topliss-reactive ketones (excluding diaryl/α,β-unsaturated/α-hetero) is 1. The highest BCUT2D eigenvalue weighted by Gasteiger charge is 2.31. The van der Waals surface area contributed by atoms with E-state index in [0.29, 0.717) is 16.6 Å². The van der Waals surface area contributed by atoms with Crippen LogP contribution in [0, 0.1) is 0 Å². The number of hydrogen-bond donors (Lipinski definition) is 1. The van der Waals surface area contributed by atoms with E-state index in [1.54, 1.807) is 24.9 Å². The van der Waals surface area contributed by atoms with Crippen LogP contribution in [0.1, 0.15) is 37.2 Å². The minimum absolute atomic E-state index is 0.0729. The fourth-order valence-corrected chi connectivity index (χ4v) is 2.10. The standard InChI is InChI=1S/C10H16BrN3O/c1-4-5-10(2,12)9(15)8-7(11)6-13-14(8)3/h6H,4-5,12H2,1-3H3. The number of nitrogens with two attached hydrogens (primary N) is 1. The maximum absolute atomic E-state index is 12.1. The Morgan fingerprint density at radius 1 is 1.73 bits per heavy atom. The molecule has 5 heteroatoms. The number of rotatable bonds is 4. The summed E-state index contributed by atoms with van der Waals surface area (Å²) >= 11 is 3.30. The monoisotopic (exact) mass is 273 g/mol. The molecular weight excluding hydrogens is 258 g/mol. The minimum atomic E-state index is -0.814. The Balaban J connectivity index is 3.04. The second-order valence-electron chi connectivity index (χ2n) is 3.96. The van der Waals surface area contributed by atoms with Crippen molar-refractivity contribution < 1.29 is 4.79 Å². The summed E-state index contributed by atoms with van der Waals surface area (Å²) in [5.74, 6) is -0.0729.